The molecule has 0 fully saturated rings. The molecule has 0 atom stereocenters. The van der Waals surface area contributed by atoms with Gasteiger partial charge in [0.1, 0.15) is 0 Å². The summed E-state index contributed by atoms with van der Waals surface area (Å²) in [6, 6.07) is 6.79. The molecule has 4 nitrogen and oxygen atoms in total. The number of nitrogen functional groups attached to an aromatic ring is 1. The Kier molecular flexibility index (Phi) is 5.01. The molecule has 0 unspecified atom stereocenters. The van der Waals surface area contributed by atoms with E-state index in [0.717, 1.165) is 0 Å². The van der Waals surface area contributed by atoms with Gasteiger partial charge >= 0.3 is 0 Å². The summed E-state index contributed by atoms with van der Waals surface area (Å²) in [5.74, 6) is 5.47. The summed E-state index contributed by atoms with van der Waals surface area (Å²) in [5.41, 5.74) is 6.86. The van der Waals surface area contributed by atoms with Crippen LogP contribution in [0.5, 0.6) is 0 Å². The minimum atomic E-state index is -3.29. The summed E-state index contributed by atoms with van der Waals surface area (Å²) in [6.45, 7) is 2.07. The SMILES string of the molecule is CC#CCCNS(=O)(=O)Cc1ccc(N)cc1. The van der Waals surface area contributed by atoms with Gasteiger partial charge in [-0.05, 0) is 24.6 Å². The van der Waals surface area contributed by atoms with E-state index in [0.29, 0.717) is 24.2 Å². The fraction of sp³-hybridized carbons (Fsp3) is 0.333. The van der Waals surface area contributed by atoms with E-state index in [9.17, 15) is 8.42 Å². The fourth-order valence-electron chi connectivity index (χ4n) is 1.28. The molecule has 0 radical (unpaired) electrons. The highest BCUT2D eigenvalue weighted by Crippen LogP contribution is 2.08. The van der Waals surface area contributed by atoms with E-state index >= 15 is 0 Å². The van der Waals surface area contributed by atoms with E-state index in [2.05, 4.69) is 16.6 Å². The first kappa shape index (κ1) is 13.6. The highest BCUT2D eigenvalue weighted by Gasteiger charge is 2.09. The van der Waals surface area contributed by atoms with E-state index < -0.39 is 10.0 Å². The van der Waals surface area contributed by atoms with Crippen LogP contribution in [0.3, 0.4) is 0 Å². The fourth-order valence-corrected chi connectivity index (χ4v) is 2.42. The largest absolute Gasteiger partial charge is 0.399 e. The predicted octanol–water partition coefficient (Wildman–Crippen LogP) is 1.10. The molecule has 0 aliphatic rings. The Morgan fingerprint density at radius 3 is 2.53 bits per heavy atom. The smallest absolute Gasteiger partial charge is 0.215 e. The second kappa shape index (κ2) is 6.28. The van der Waals surface area contributed by atoms with Gasteiger partial charge in [0.15, 0.2) is 0 Å². The van der Waals surface area contributed by atoms with Crippen LogP contribution in [0, 0.1) is 11.8 Å². The van der Waals surface area contributed by atoms with Crippen LogP contribution in [0.15, 0.2) is 24.3 Å². The van der Waals surface area contributed by atoms with Crippen molar-refractivity contribution in [2.24, 2.45) is 0 Å². The lowest BCUT2D eigenvalue weighted by molar-refractivity contribution is 0.581. The van der Waals surface area contributed by atoms with Gasteiger partial charge in [-0.15, -0.1) is 11.8 Å². The monoisotopic (exact) mass is 252 g/mol. The lowest BCUT2D eigenvalue weighted by atomic mass is 10.2. The number of anilines is 1. The van der Waals surface area contributed by atoms with Gasteiger partial charge in [-0.25, -0.2) is 13.1 Å². The molecule has 5 heteroatoms. The van der Waals surface area contributed by atoms with Crippen molar-refractivity contribution in [3.8, 4) is 11.8 Å². The van der Waals surface area contributed by atoms with Gasteiger partial charge in [0.2, 0.25) is 10.0 Å². The Morgan fingerprint density at radius 2 is 1.94 bits per heavy atom. The minimum Gasteiger partial charge on any atom is -0.399 e. The van der Waals surface area contributed by atoms with Crippen LogP contribution in [0.25, 0.3) is 0 Å². The van der Waals surface area contributed by atoms with Crippen molar-refractivity contribution < 1.29 is 8.42 Å². The van der Waals surface area contributed by atoms with Crippen molar-refractivity contribution in [2.75, 3.05) is 12.3 Å². The lowest BCUT2D eigenvalue weighted by Gasteiger charge is -2.05. The molecule has 0 amide bonds. The third-order valence-corrected chi connectivity index (χ3v) is 3.44. The number of hydrogen-bond acceptors (Lipinski definition) is 3. The van der Waals surface area contributed by atoms with Gasteiger partial charge in [-0.3, -0.25) is 0 Å². The normalized spacial score (nSPS) is 10.6. The van der Waals surface area contributed by atoms with Crippen LogP contribution in [0.1, 0.15) is 18.9 Å². The van der Waals surface area contributed by atoms with Crippen LogP contribution in [-0.4, -0.2) is 15.0 Å². The van der Waals surface area contributed by atoms with Crippen LogP contribution < -0.4 is 10.5 Å². The Balaban J connectivity index is 2.53. The number of nitrogens with two attached hydrogens (primary N) is 1. The maximum atomic E-state index is 11.7. The molecule has 92 valence electrons. The second-order valence-corrected chi connectivity index (χ2v) is 5.38. The third kappa shape index (κ3) is 5.38. The van der Waals surface area contributed by atoms with Crippen molar-refractivity contribution in [2.45, 2.75) is 19.1 Å². The van der Waals surface area contributed by atoms with Gasteiger partial charge in [0.05, 0.1) is 5.75 Å². The summed E-state index contributed by atoms with van der Waals surface area (Å²) >= 11 is 0. The summed E-state index contributed by atoms with van der Waals surface area (Å²) < 4.78 is 25.8. The highest BCUT2D eigenvalue weighted by molar-refractivity contribution is 7.88. The van der Waals surface area contributed by atoms with Crippen molar-refractivity contribution in [1.29, 1.82) is 0 Å². The summed E-state index contributed by atoms with van der Waals surface area (Å²) in [4.78, 5) is 0. The molecule has 0 spiro atoms. The molecule has 0 aromatic heterocycles. The zero-order valence-electron chi connectivity index (χ0n) is 9.73. The van der Waals surface area contributed by atoms with Crippen LogP contribution in [0.4, 0.5) is 5.69 Å². The first-order chi connectivity index (χ1) is 8.03. The van der Waals surface area contributed by atoms with Gasteiger partial charge in [0.25, 0.3) is 0 Å². The van der Waals surface area contributed by atoms with Gasteiger partial charge in [-0.1, -0.05) is 12.1 Å². The molecular formula is C12H16N2O2S. The maximum Gasteiger partial charge on any atom is 0.215 e. The van der Waals surface area contributed by atoms with E-state index in [-0.39, 0.29) is 5.75 Å². The molecule has 0 bridgehead atoms. The molecule has 0 saturated heterocycles. The Bertz CT molecular complexity index is 510. The number of rotatable bonds is 5. The van der Waals surface area contributed by atoms with Crippen molar-refractivity contribution >= 4 is 15.7 Å². The van der Waals surface area contributed by atoms with Crippen LogP contribution in [0.2, 0.25) is 0 Å². The average molecular weight is 252 g/mol. The molecule has 1 rings (SSSR count). The predicted molar refractivity (Wildman–Crippen MR) is 69.5 cm³/mol. The molecule has 0 heterocycles. The molecule has 17 heavy (non-hydrogen) atoms. The average Bonchev–Trinajstić information content (AvgIpc) is 2.27. The lowest BCUT2D eigenvalue weighted by Crippen LogP contribution is -2.25. The highest BCUT2D eigenvalue weighted by atomic mass is 32.2. The topological polar surface area (TPSA) is 72.2 Å². The molecular weight excluding hydrogens is 236 g/mol. The summed E-state index contributed by atoms with van der Waals surface area (Å²) in [6.07, 6.45) is 0.525. The summed E-state index contributed by atoms with van der Waals surface area (Å²) in [5, 5.41) is 0. The van der Waals surface area contributed by atoms with Crippen molar-refractivity contribution in [1.82, 2.24) is 4.72 Å². The summed E-state index contributed by atoms with van der Waals surface area (Å²) in [7, 11) is -3.29. The zero-order valence-corrected chi connectivity index (χ0v) is 10.5. The number of hydrogen-bond donors (Lipinski definition) is 2. The third-order valence-electron chi connectivity index (χ3n) is 2.09. The number of sulfonamides is 1. The molecule has 0 aliphatic carbocycles. The standard InChI is InChI=1S/C12H16N2O2S/c1-2-3-4-9-14-17(15,16)10-11-5-7-12(13)8-6-11/h5-8,14H,4,9-10,13H2,1H3. The molecule has 1 aromatic rings. The van der Waals surface area contributed by atoms with Gasteiger partial charge in [0, 0.05) is 18.7 Å². The first-order valence-corrected chi connectivity index (χ1v) is 6.90. The van der Waals surface area contributed by atoms with Crippen LogP contribution in [-0.2, 0) is 15.8 Å². The molecule has 3 N–H and O–H groups in total. The van der Waals surface area contributed by atoms with Gasteiger partial charge < -0.3 is 5.73 Å². The first-order valence-electron chi connectivity index (χ1n) is 5.25. The minimum absolute atomic E-state index is 0.0349. The van der Waals surface area contributed by atoms with Crippen molar-refractivity contribution in [3.63, 3.8) is 0 Å². The second-order valence-electron chi connectivity index (χ2n) is 3.57. The van der Waals surface area contributed by atoms with E-state index in [1.165, 1.54) is 0 Å². The van der Waals surface area contributed by atoms with E-state index in [1.807, 2.05) is 0 Å². The maximum absolute atomic E-state index is 11.7. The Morgan fingerprint density at radius 1 is 1.29 bits per heavy atom. The van der Waals surface area contributed by atoms with Crippen LogP contribution >= 0.6 is 0 Å². The Labute approximate surface area is 102 Å². The molecule has 1 aromatic carbocycles. The zero-order chi connectivity index (χ0) is 12.7. The van der Waals surface area contributed by atoms with E-state index in [4.69, 9.17) is 5.73 Å². The number of benzene rings is 1. The molecule has 0 aliphatic heterocycles. The van der Waals surface area contributed by atoms with Gasteiger partial charge in [-0.2, -0.15) is 0 Å². The molecule has 0 saturated carbocycles. The quantitative estimate of drug-likeness (QED) is 0.468. The Hall–Kier alpha value is -1.51. The van der Waals surface area contributed by atoms with E-state index in [1.54, 1.807) is 31.2 Å². The number of nitrogens with one attached hydrogen (secondary N) is 1. The van der Waals surface area contributed by atoms with Crippen molar-refractivity contribution in [3.05, 3.63) is 29.8 Å².